The largest absolute Gasteiger partial charge is 0.386 e. The maximum absolute atomic E-state index is 11.1. The lowest BCUT2D eigenvalue weighted by Crippen LogP contribution is -2.45. The lowest BCUT2D eigenvalue weighted by atomic mass is 9.94. The molecule has 0 aromatic carbocycles. The zero-order valence-corrected chi connectivity index (χ0v) is 9.53. The molecule has 1 aliphatic carbocycles. The number of hydrogen-bond donors (Lipinski definition) is 1. The first-order chi connectivity index (χ1) is 7.33. The third-order valence-electron chi connectivity index (χ3n) is 3.20. The summed E-state index contributed by atoms with van der Waals surface area (Å²) in [6, 6.07) is 0.336. The maximum Gasteiger partial charge on any atom is 0.210 e. The van der Waals surface area contributed by atoms with Gasteiger partial charge >= 0.3 is 0 Å². The third kappa shape index (κ3) is 2.37. The molecule has 0 bridgehead atoms. The van der Waals surface area contributed by atoms with Crippen LogP contribution in [0.2, 0.25) is 0 Å². The summed E-state index contributed by atoms with van der Waals surface area (Å²) in [4.78, 5) is 12.9. The second kappa shape index (κ2) is 5.03. The van der Waals surface area contributed by atoms with Gasteiger partial charge in [-0.15, -0.1) is 11.8 Å². The fraction of sp³-hybridized carbons (Fsp3) is 0.727. The van der Waals surface area contributed by atoms with E-state index in [0.29, 0.717) is 6.04 Å². The van der Waals surface area contributed by atoms with Gasteiger partial charge in [0.25, 0.3) is 0 Å². The molecule has 4 heteroatoms. The van der Waals surface area contributed by atoms with Gasteiger partial charge in [-0.2, -0.15) is 0 Å². The average molecular weight is 227 g/mol. The molecule has 0 saturated heterocycles. The summed E-state index contributed by atoms with van der Waals surface area (Å²) in [5, 5.41) is 11.5. The summed E-state index contributed by atoms with van der Waals surface area (Å²) < 4.78 is 0. The summed E-state index contributed by atoms with van der Waals surface area (Å²) in [5.74, 6) is 0. The summed E-state index contributed by atoms with van der Waals surface area (Å²) in [6.45, 7) is 0. The van der Waals surface area contributed by atoms with Crippen LogP contribution in [-0.2, 0) is 4.79 Å². The van der Waals surface area contributed by atoms with E-state index in [1.165, 1.54) is 19.3 Å². The van der Waals surface area contributed by atoms with Crippen LogP contribution < -0.4 is 0 Å². The van der Waals surface area contributed by atoms with Crippen LogP contribution in [0.4, 0.5) is 0 Å². The minimum atomic E-state index is -0.498. The average Bonchev–Trinajstić information content (AvgIpc) is 2.68. The minimum absolute atomic E-state index is 0.0920. The molecule has 2 rings (SSSR count). The van der Waals surface area contributed by atoms with Gasteiger partial charge in [-0.05, 0) is 24.3 Å². The summed E-state index contributed by atoms with van der Waals surface area (Å²) in [6.07, 6.45) is 8.03. The first kappa shape index (κ1) is 11.0. The van der Waals surface area contributed by atoms with E-state index < -0.39 is 6.10 Å². The molecule has 3 nitrogen and oxygen atoms in total. The number of aliphatic hydroxyl groups is 1. The van der Waals surface area contributed by atoms with E-state index in [9.17, 15) is 9.90 Å². The standard InChI is InChI=1S/C11H17NO2S/c13-8-12(9-4-2-1-3-5-9)11-10(14)6-7-15-11/h6-11,14H,1-5H2. The second-order valence-electron chi connectivity index (χ2n) is 4.19. The Morgan fingerprint density at radius 2 is 2.07 bits per heavy atom. The summed E-state index contributed by atoms with van der Waals surface area (Å²) >= 11 is 1.54. The van der Waals surface area contributed by atoms with E-state index >= 15 is 0 Å². The van der Waals surface area contributed by atoms with Crippen LogP contribution >= 0.6 is 11.8 Å². The lowest BCUT2D eigenvalue weighted by Gasteiger charge is -2.36. The molecular formula is C11H17NO2S. The van der Waals surface area contributed by atoms with Crippen LogP contribution in [0.3, 0.4) is 0 Å². The highest BCUT2D eigenvalue weighted by molar-refractivity contribution is 8.03. The van der Waals surface area contributed by atoms with E-state index in [-0.39, 0.29) is 5.37 Å². The Kier molecular flexibility index (Phi) is 3.70. The molecule has 1 saturated carbocycles. The highest BCUT2D eigenvalue weighted by Crippen LogP contribution is 2.32. The molecule has 0 radical (unpaired) electrons. The lowest BCUT2D eigenvalue weighted by molar-refractivity contribution is -0.122. The summed E-state index contributed by atoms with van der Waals surface area (Å²) in [7, 11) is 0. The first-order valence-electron chi connectivity index (χ1n) is 5.56. The monoisotopic (exact) mass is 227 g/mol. The Hall–Kier alpha value is -0.480. The third-order valence-corrected chi connectivity index (χ3v) is 4.31. The topological polar surface area (TPSA) is 40.5 Å². The van der Waals surface area contributed by atoms with Gasteiger partial charge in [-0.25, -0.2) is 0 Å². The Morgan fingerprint density at radius 3 is 2.60 bits per heavy atom. The highest BCUT2D eigenvalue weighted by atomic mass is 32.2. The molecule has 2 aliphatic rings. The van der Waals surface area contributed by atoms with Gasteiger partial charge in [-0.1, -0.05) is 19.3 Å². The van der Waals surface area contributed by atoms with Crippen LogP contribution in [0.15, 0.2) is 11.5 Å². The van der Waals surface area contributed by atoms with Gasteiger partial charge in [0.1, 0.15) is 11.5 Å². The molecule has 84 valence electrons. The van der Waals surface area contributed by atoms with Crippen molar-refractivity contribution in [2.45, 2.75) is 49.6 Å². The number of thioether (sulfide) groups is 1. The molecule has 1 heterocycles. The molecule has 1 fully saturated rings. The van der Waals surface area contributed by atoms with Crippen LogP contribution in [0, 0.1) is 0 Å². The molecule has 1 N–H and O–H groups in total. The van der Waals surface area contributed by atoms with Crippen molar-refractivity contribution in [2.24, 2.45) is 0 Å². The number of amides is 1. The van der Waals surface area contributed by atoms with Crippen molar-refractivity contribution in [3.63, 3.8) is 0 Å². The van der Waals surface area contributed by atoms with Gasteiger partial charge in [-0.3, -0.25) is 4.79 Å². The molecule has 2 atom stereocenters. The summed E-state index contributed by atoms with van der Waals surface area (Å²) in [5.41, 5.74) is 0. The number of rotatable bonds is 3. The van der Waals surface area contributed by atoms with Crippen molar-refractivity contribution in [1.29, 1.82) is 0 Å². The van der Waals surface area contributed by atoms with E-state index in [1.54, 1.807) is 17.8 Å². The fourth-order valence-electron chi connectivity index (χ4n) is 2.36. The van der Waals surface area contributed by atoms with E-state index in [1.807, 2.05) is 10.3 Å². The zero-order valence-electron chi connectivity index (χ0n) is 8.71. The minimum Gasteiger partial charge on any atom is -0.386 e. The number of aliphatic hydroxyl groups excluding tert-OH is 1. The number of carbonyl (C=O) groups is 1. The fourth-order valence-corrected chi connectivity index (χ4v) is 3.39. The molecule has 0 aromatic rings. The molecule has 1 amide bonds. The van der Waals surface area contributed by atoms with Gasteiger partial charge in [0.2, 0.25) is 6.41 Å². The van der Waals surface area contributed by atoms with Crippen molar-refractivity contribution in [2.75, 3.05) is 0 Å². The van der Waals surface area contributed by atoms with E-state index in [0.717, 1.165) is 19.3 Å². The molecule has 0 aromatic heterocycles. The van der Waals surface area contributed by atoms with Crippen LogP contribution in [0.1, 0.15) is 32.1 Å². The highest BCUT2D eigenvalue weighted by Gasteiger charge is 2.32. The predicted octanol–water partition coefficient (Wildman–Crippen LogP) is 1.72. The van der Waals surface area contributed by atoms with Crippen LogP contribution in [0.5, 0.6) is 0 Å². The number of carbonyl (C=O) groups excluding carboxylic acids is 1. The SMILES string of the molecule is O=CN(C1CCCCC1)C1SC=CC1O. The Balaban J connectivity index is 1.99. The zero-order chi connectivity index (χ0) is 10.7. The van der Waals surface area contributed by atoms with Gasteiger partial charge in [0.15, 0.2) is 0 Å². The van der Waals surface area contributed by atoms with Crippen molar-refractivity contribution in [1.82, 2.24) is 4.90 Å². The van der Waals surface area contributed by atoms with E-state index in [4.69, 9.17) is 0 Å². The first-order valence-corrected chi connectivity index (χ1v) is 6.50. The molecule has 1 aliphatic heterocycles. The number of nitrogens with zero attached hydrogens (tertiary/aromatic N) is 1. The van der Waals surface area contributed by atoms with Crippen molar-refractivity contribution in [3.05, 3.63) is 11.5 Å². The van der Waals surface area contributed by atoms with Crippen molar-refractivity contribution < 1.29 is 9.90 Å². The maximum atomic E-state index is 11.1. The van der Waals surface area contributed by atoms with Crippen molar-refractivity contribution in [3.8, 4) is 0 Å². The Labute approximate surface area is 94.5 Å². The van der Waals surface area contributed by atoms with Gasteiger partial charge in [0.05, 0.1) is 0 Å². The molecule has 2 unspecified atom stereocenters. The van der Waals surface area contributed by atoms with Crippen LogP contribution in [0.25, 0.3) is 0 Å². The number of hydrogen-bond acceptors (Lipinski definition) is 3. The molecular weight excluding hydrogens is 210 g/mol. The Morgan fingerprint density at radius 1 is 1.33 bits per heavy atom. The normalized spacial score (nSPS) is 31.8. The smallest absolute Gasteiger partial charge is 0.210 e. The molecule has 0 spiro atoms. The van der Waals surface area contributed by atoms with Crippen molar-refractivity contribution >= 4 is 18.2 Å². The van der Waals surface area contributed by atoms with Gasteiger partial charge < -0.3 is 10.0 Å². The van der Waals surface area contributed by atoms with Crippen LogP contribution in [-0.4, -0.2) is 33.9 Å². The van der Waals surface area contributed by atoms with Gasteiger partial charge in [0, 0.05) is 6.04 Å². The quantitative estimate of drug-likeness (QED) is 0.746. The Bertz CT molecular complexity index is 251. The van der Waals surface area contributed by atoms with E-state index in [2.05, 4.69) is 0 Å². The molecule has 15 heavy (non-hydrogen) atoms. The predicted molar refractivity (Wildman–Crippen MR) is 61.3 cm³/mol. The second-order valence-corrected chi connectivity index (χ2v) is 5.22.